The summed E-state index contributed by atoms with van der Waals surface area (Å²) < 4.78 is 23.8. The average molecular weight is 279 g/mol. The van der Waals surface area contributed by atoms with E-state index in [1.54, 1.807) is 0 Å². The average Bonchev–Trinajstić information content (AvgIpc) is 2.85. The Labute approximate surface area is 101 Å². The van der Waals surface area contributed by atoms with Gasteiger partial charge in [0.2, 0.25) is 5.13 Å². The van der Waals surface area contributed by atoms with Crippen molar-refractivity contribution in [1.29, 1.82) is 0 Å². The SMILES string of the molecule is CS(=O)(=O)c1cnn(-c2nnc(CCl)s2)c1. The van der Waals surface area contributed by atoms with Crippen LogP contribution in [0, 0.1) is 0 Å². The third-order valence-electron chi connectivity index (χ3n) is 1.75. The van der Waals surface area contributed by atoms with E-state index in [0.29, 0.717) is 10.1 Å². The summed E-state index contributed by atoms with van der Waals surface area (Å²) in [6.07, 6.45) is 3.80. The molecule has 6 nitrogen and oxygen atoms in total. The molecule has 0 radical (unpaired) electrons. The zero-order valence-corrected chi connectivity index (χ0v) is 10.6. The zero-order valence-electron chi connectivity index (χ0n) is 8.16. The van der Waals surface area contributed by atoms with E-state index in [-0.39, 0.29) is 10.8 Å². The summed E-state index contributed by atoms with van der Waals surface area (Å²) in [6, 6.07) is 0. The predicted octanol–water partition coefficient (Wildman–Crippen LogP) is 0.866. The van der Waals surface area contributed by atoms with Crippen molar-refractivity contribution in [3.8, 4) is 5.13 Å². The molecule has 0 aliphatic heterocycles. The third kappa shape index (κ3) is 2.23. The molecule has 0 aliphatic carbocycles. The molecule has 2 rings (SSSR count). The van der Waals surface area contributed by atoms with E-state index in [2.05, 4.69) is 15.3 Å². The van der Waals surface area contributed by atoms with Crippen LogP contribution in [0.25, 0.3) is 5.13 Å². The van der Waals surface area contributed by atoms with Crippen LogP contribution in [0.5, 0.6) is 0 Å². The number of nitrogens with zero attached hydrogens (tertiary/aromatic N) is 4. The molecule has 0 aliphatic rings. The van der Waals surface area contributed by atoms with Gasteiger partial charge in [0.25, 0.3) is 0 Å². The Morgan fingerprint density at radius 1 is 1.50 bits per heavy atom. The molecule has 9 heteroatoms. The first-order valence-corrected chi connectivity index (χ1v) is 7.38. The van der Waals surface area contributed by atoms with Crippen LogP contribution in [0.3, 0.4) is 0 Å². The second kappa shape index (κ2) is 4.11. The summed E-state index contributed by atoms with van der Waals surface area (Å²) in [5, 5.41) is 12.7. The van der Waals surface area contributed by atoms with Crippen LogP contribution < -0.4 is 0 Å². The van der Waals surface area contributed by atoms with E-state index in [1.807, 2.05) is 0 Å². The molecule has 86 valence electrons. The van der Waals surface area contributed by atoms with Gasteiger partial charge in [0.15, 0.2) is 9.84 Å². The second-order valence-electron chi connectivity index (χ2n) is 3.00. The second-order valence-corrected chi connectivity index (χ2v) is 6.33. The summed E-state index contributed by atoms with van der Waals surface area (Å²) in [6.45, 7) is 0. The van der Waals surface area contributed by atoms with Crippen molar-refractivity contribution in [3.63, 3.8) is 0 Å². The molecule has 0 saturated heterocycles. The van der Waals surface area contributed by atoms with Crippen LogP contribution in [0.4, 0.5) is 0 Å². The van der Waals surface area contributed by atoms with Crippen LogP contribution in [0.2, 0.25) is 0 Å². The first kappa shape index (κ1) is 11.5. The maximum atomic E-state index is 11.2. The fourth-order valence-corrected chi connectivity index (χ4v) is 2.36. The molecular weight excluding hydrogens is 272 g/mol. The van der Waals surface area contributed by atoms with Crippen LogP contribution in [-0.4, -0.2) is 34.7 Å². The minimum absolute atomic E-state index is 0.148. The molecular formula is C7H7ClN4O2S2. The summed E-state index contributed by atoms with van der Waals surface area (Å²) in [4.78, 5) is 0.148. The molecule has 2 aromatic heterocycles. The highest BCUT2D eigenvalue weighted by Gasteiger charge is 2.12. The smallest absolute Gasteiger partial charge is 0.224 e. The highest BCUT2D eigenvalue weighted by molar-refractivity contribution is 7.90. The summed E-state index contributed by atoms with van der Waals surface area (Å²) in [5.74, 6) is 0.276. The maximum Gasteiger partial charge on any atom is 0.232 e. The van der Waals surface area contributed by atoms with Crippen molar-refractivity contribution < 1.29 is 8.42 Å². The van der Waals surface area contributed by atoms with Gasteiger partial charge in [0, 0.05) is 6.26 Å². The van der Waals surface area contributed by atoms with Gasteiger partial charge < -0.3 is 0 Å². The molecule has 0 atom stereocenters. The number of hydrogen-bond acceptors (Lipinski definition) is 6. The Bertz CT molecular complexity index is 603. The van der Waals surface area contributed by atoms with Crippen LogP contribution in [0.1, 0.15) is 5.01 Å². The Morgan fingerprint density at radius 2 is 2.25 bits per heavy atom. The standard InChI is InChI=1S/C7H7ClN4O2S2/c1-16(13,14)5-3-9-12(4-5)7-11-10-6(2-8)15-7/h3-4H,2H2,1H3. The molecule has 16 heavy (non-hydrogen) atoms. The fraction of sp³-hybridized carbons (Fsp3) is 0.286. The van der Waals surface area contributed by atoms with E-state index in [1.165, 1.54) is 28.4 Å². The van der Waals surface area contributed by atoms with Gasteiger partial charge in [-0.05, 0) is 0 Å². The summed E-state index contributed by atoms with van der Waals surface area (Å²) in [7, 11) is -3.24. The van der Waals surface area contributed by atoms with Gasteiger partial charge in [-0.1, -0.05) is 11.3 Å². The van der Waals surface area contributed by atoms with Crippen molar-refractivity contribution in [3.05, 3.63) is 17.4 Å². The first-order chi connectivity index (χ1) is 7.50. The Balaban J connectivity index is 2.39. The third-order valence-corrected chi connectivity index (χ3v) is 4.15. The van der Waals surface area contributed by atoms with Gasteiger partial charge in [0.1, 0.15) is 9.90 Å². The number of rotatable bonds is 3. The van der Waals surface area contributed by atoms with Gasteiger partial charge >= 0.3 is 0 Å². The van der Waals surface area contributed by atoms with Gasteiger partial charge in [-0.2, -0.15) is 5.10 Å². The molecule has 0 amide bonds. The highest BCUT2D eigenvalue weighted by atomic mass is 35.5. The number of halogens is 1. The molecule has 2 heterocycles. The lowest BCUT2D eigenvalue weighted by molar-refractivity contribution is 0.602. The Morgan fingerprint density at radius 3 is 2.75 bits per heavy atom. The first-order valence-electron chi connectivity index (χ1n) is 4.14. The molecule has 0 spiro atoms. The minimum Gasteiger partial charge on any atom is -0.224 e. The molecule has 0 N–H and O–H groups in total. The molecule has 0 saturated carbocycles. The van der Waals surface area contributed by atoms with Crippen molar-refractivity contribution >= 4 is 32.8 Å². The topological polar surface area (TPSA) is 77.7 Å². The fourth-order valence-electron chi connectivity index (χ4n) is 0.994. The largest absolute Gasteiger partial charge is 0.232 e. The number of alkyl halides is 1. The van der Waals surface area contributed by atoms with Gasteiger partial charge in [-0.25, -0.2) is 13.1 Å². The molecule has 2 aromatic rings. The minimum atomic E-state index is -3.24. The molecule has 0 aromatic carbocycles. The van der Waals surface area contributed by atoms with E-state index in [4.69, 9.17) is 11.6 Å². The molecule has 0 bridgehead atoms. The van der Waals surface area contributed by atoms with Crippen molar-refractivity contribution in [2.75, 3.05) is 6.26 Å². The number of sulfone groups is 1. The van der Waals surface area contributed by atoms with Gasteiger partial charge in [-0.15, -0.1) is 21.8 Å². The lowest BCUT2D eigenvalue weighted by atomic mass is 10.7. The normalized spacial score (nSPS) is 11.9. The lowest BCUT2D eigenvalue weighted by Crippen LogP contribution is -1.95. The lowest BCUT2D eigenvalue weighted by Gasteiger charge is -1.91. The van der Waals surface area contributed by atoms with E-state index in [0.717, 1.165) is 6.26 Å². The van der Waals surface area contributed by atoms with Crippen molar-refractivity contribution in [2.24, 2.45) is 0 Å². The van der Waals surface area contributed by atoms with Crippen LogP contribution in [0.15, 0.2) is 17.3 Å². The van der Waals surface area contributed by atoms with Crippen LogP contribution in [-0.2, 0) is 15.7 Å². The van der Waals surface area contributed by atoms with Crippen molar-refractivity contribution in [1.82, 2.24) is 20.0 Å². The molecule has 0 unspecified atom stereocenters. The van der Waals surface area contributed by atoms with E-state index < -0.39 is 9.84 Å². The predicted molar refractivity (Wildman–Crippen MR) is 59.7 cm³/mol. The number of hydrogen-bond donors (Lipinski definition) is 0. The van der Waals surface area contributed by atoms with Crippen LogP contribution >= 0.6 is 22.9 Å². The quantitative estimate of drug-likeness (QED) is 0.779. The van der Waals surface area contributed by atoms with Crippen molar-refractivity contribution in [2.45, 2.75) is 10.8 Å². The Hall–Kier alpha value is -0.990. The summed E-state index contributed by atoms with van der Waals surface area (Å²) >= 11 is 6.85. The monoisotopic (exact) mass is 278 g/mol. The highest BCUT2D eigenvalue weighted by Crippen LogP contribution is 2.17. The number of aromatic nitrogens is 4. The zero-order chi connectivity index (χ0) is 11.8. The van der Waals surface area contributed by atoms with Gasteiger partial charge in [0.05, 0.1) is 18.3 Å². The summed E-state index contributed by atoms with van der Waals surface area (Å²) in [5.41, 5.74) is 0. The van der Waals surface area contributed by atoms with E-state index in [9.17, 15) is 8.42 Å². The van der Waals surface area contributed by atoms with Gasteiger partial charge in [-0.3, -0.25) is 0 Å². The van der Waals surface area contributed by atoms with E-state index >= 15 is 0 Å². The maximum absolute atomic E-state index is 11.2. The molecule has 0 fully saturated rings. The Kier molecular flexibility index (Phi) is 2.96.